The fourth-order valence-electron chi connectivity index (χ4n) is 4.38. The van der Waals surface area contributed by atoms with Crippen molar-refractivity contribution < 1.29 is 9.47 Å². The maximum absolute atomic E-state index is 5.90. The van der Waals surface area contributed by atoms with Crippen LogP contribution in [-0.4, -0.2) is 37.9 Å². The van der Waals surface area contributed by atoms with E-state index >= 15 is 0 Å². The number of hydrogen-bond donors (Lipinski definition) is 2. The van der Waals surface area contributed by atoms with E-state index in [-0.39, 0.29) is 29.4 Å². The number of halogens is 1. The molecule has 1 aromatic carbocycles. The number of nitrogens with one attached hydrogen (secondary N) is 2. The van der Waals surface area contributed by atoms with Crippen molar-refractivity contribution in [3.05, 3.63) is 29.3 Å². The minimum atomic E-state index is 0. The van der Waals surface area contributed by atoms with E-state index < -0.39 is 0 Å². The van der Waals surface area contributed by atoms with Gasteiger partial charge < -0.3 is 20.1 Å². The molecule has 1 aliphatic carbocycles. The van der Waals surface area contributed by atoms with Gasteiger partial charge in [0.2, 0.25) is 0 Å². The Bertz CT molecular complexity index is 663. The quantitative estimate of drug-likeness (QED) is 0.364. The van der Waals surface area contributed by atoms with E-state index in [2.05, 4.69) is 50.5 Å². The van der Waals surface area contributed by atoms with Gasteiger partial charge in [0.25, 0.3) is 0 Å². The summed E-state index contributed by atoms with van der Waals surface area (Å²) in [5.41, 5.74) is 2.49. The summed E-state index contributed by atoms with van der Waals surface area (Å²) < 4.78 is 11.5. The van der Waals surface area contributed by atoms with Crippen LogP contribution >= 0.6 is 24.0 Å². The Hall–Kier alpha value is -1.02. The summed E-state index contributed by atoms with van der Waals surface area (Å²) in [6.07, 6.45) is 1.53. The van der Waals surface area contributed by atoms with Crippen LogP contribution in [0.4, 0.5) is 0 Å². The first kappa shape index (κ1) is 22.3. The van der Waals surface area contributed by atoms with E-state index in [1.807, 2.05) is 13.0 Å². The summed E-state index contributed by atoms with van der Waals surface area (Å²) in [5, 5.41) is 7.06. The summed E-state index contributed by atoms with van der Waals surface area (Å²) in [5.74, 6) is 2.44. The van der Waals surface area contributed by atoms with Gasteiger partial charge >= 0.3 is 0 Å². The van der Waals surface area contributed by atoms with Gasteiger partial charge in [0.05, 0.1) is 19.3 Å². The fourth-order valence-corrected chi connectivity index (χ4v) is 4.38. The summed E-state index contributed by atoms with van der Waals surface area (Å²) >= 11 is 0. The van der Waals surface area contributed by atoms with Crippen LogP contribution < -0.4 is 15.4 Å². The zero-order valence-corrected chi connectivity index (χ0v) is 19.5. The predicted octanol–water partition coefficient (Wildman–Crippen LogP) is 3.88. The molecule has 2 aliphatic rings. The molecule has 5 nitrogen and oxygen atoms in total. The number of benzene rings is 1. The van der Waals surface area contributed by atoms with Gasteiger partial charge in [-0.05, 0) is 44.4 Å². The van der Waals surface area contributed by atoms with E-state index in [0.717, 1.165) is 36.8 Å². The van der Waals surface area contributed by atoms with E-state index in [1.165, 1.54) is 5.56 Å². The van der Waals surface area contributed by atoms with Crippen LogP contribution in [0.3, 0.4) is 0 Å². The lowest BCUT2D eigenvalue weighted by Gasteiger charge is -2.54. The first-order chi connectivity index (χ1) is 12.5. The van der Waals surface area contributed by atoms with E-state index in [1.54, 1.807) is 0 Å². The van der Waals surface area contributed by atoms with Crippen LogP contribution in [-0.2, 0) is 11.3 Å². The lowest BCUT2D eigenvalue weighted by Crippen LogP contribution is -2.67. The second-order valence-electron chi connectivity index (χ2n) is 7.92. The molecule has 27 heavy (non-hydrogen) atoms. The van der Waals surface area contributed by atoms with Crippen molar-refractivity contribution >= 4 is 29.9 Å². The summed E-state index contributed by atoms with van der Waals surface area (Å²) in [6, 6.07) is 6.71. The standard InChI is InChI=1S/C21H33N3O2.HI/c1-6-22-20(24-18-16-10-11-26-19(16)21(18,4)5)23-13-15-8-9-17(25-7-2)14(3)12-15;/h8-9,12,16,18-19H,6-7,10-11,13H2,1-5H3,(H2,22,23,24);1H. The average molecular weight is 487 g/mol. The maximum atomic E-state index is 5.90. The molecule has 1 aliphatic heterocycles. The third kappa shape index (κ3) is 4.70. The fraction of sp³-hybridized carbons (Fsp3) is 0.667. The number of aryl methyl sites for hydroxylation is 1. The summed E-state index contributed by atoms with van der Waals surface area (Å²) in [6.45, 7) is 13.9. The number of fused-ring (bicyclic) bond motifs is 1. The summed E-state index contributed by atoms with van der Waals surface area (Å²) in [7, 11) is 0. The Morgan fingerprint density at radius 3 is 2.78 bits per heavy atom. The zero-order valence-electron chi connectivity index (χ0n) is 17.2. The van der Waals surface area contributed by atoms with Crippen molar-refractivity contribution in [2.24, 2.45) is 16.3 Å². The van der Waals surface area contributed by atoms with Crippen LogP contribution in [0.15, 0.2) is 23.2 Å². The number of guanidine groups is 1. The highest BCUT2D eigenvalue weighted by atomic mass is 127. The molecule has 1 saturated carbocycles. The lowest BCUT2D eigenvalue weighted by molar-refractivity contribution is -0.106. The average Bonchev–Trinajstić information content (AvgIpc) is 3.06. The Balaban J connectivity index is 0.00000261. The third-order valence-electron chi connectivity index (χ3n) is 5.70. The van der Waals surface area contributed by atoms with Gasteiger partial charge in [-0.3, -0.25) is 0 Å². The Morgan fingerprint density at radius 1 is 1.33 bits per heavy atom. The minimum absolute atomic E-state index is 0. The number of rotatable bonds is 6. The van der Waals surface area contributed by atoms with Crippen LogP contribution in [0.2, 0.25) is 0 Å². The highest BCUT2D eigenvalue weighted by Crippen LogP contribution is 2.52. The molecule has 0 bridgehead atoms. The molecule has 3 unspecified atom stereocenters. The van der Waals surface area contributed by atoms with Crippen molar-refractivity contribution in [3.63, 3.8) is 0 Å². The molecule has 0 radical (unpaired) electrons. The van der Waals surface area contributed by atoms with Crippen molar-refractivity contribution in [2.75, 3.05) is 19.8 Å². The number of ether oxygens (including phenoxy) is 2. The van der Waals surface area contributed by atoms with Crippen molar-refractivity contribution in [1.82, 2.24) is 10.6 Å². The zero-order chi connectivity index (χ0) is 18.7. The van der Waals surface area contributed by atoms with E-state index in [0.29, 0.717) is 31.2 Å². The van der Waals surface area contributed by atoms with Gasteiger partial charge in [-0.2, -0.15) is 0 Å². The first-order valence-corrected chi connectivity index (χ1v) is 9.86. The molecule has 2 N–H and O–H groups in total. The van der Waals surface area contributed by atoms with Crippen molar-refractivity contribution in [2.45, 2.75) is 59.7 Å². The molecule has 3 atom stereocenters. The highest BCUT2D eigenvalue weighted by Gasteiger charge is 2.59. The van der Waals surface area contributed by atoms with Gasteiger partial charge in [0.15, 0.2) is 5.96 Å². The van der Waals surface area contributed by atoms with Crippen LogP contribution in [0, 0.1) is 18.3 Å². The Labute approximate surface area is 180 Å². The molecule has 6 heteroatoms. The van der Waals surface area contributed by atoms with E-state index in [9.17, 15) is 0 Å². The van der Waals surface area contributed by atoms with Crippen molar-refractivity contribution in [1.29, 1.82) is 0 Å². The predicted molar refractivity (Wildman–Crippen MR) is 121 cm³/mol. The van der Waals surface area contributed by atoms with Crippen LogP contribution in [0.5, 0.6) is 5.75 Å². The Kier molecular flexibility index (Phi) is 7.80. The normalized spacial score (nSPS) is 25.8. The maximum Gasteiger partial charge on any atom is 0.191 e. The van der Waals surface area contributed by atoms with Crippen LogP contribution in [0.25, 0.3) is 0 Å². The monoisotopic (exact) mass is 487 g/mol. The van der Waals surface area contributed by atoms with Gasteiger partial charge in [-0.1, -0.05) is 26.0 Å². The molecule has 152 valence electrons. The highest BCUT2D eigenvalue weighted by molar-refractivity contribution is 14.0. The lowest BCUT2D eigenvalue weighted by atomic mass is 9.57. The first-order valence-electron chi connectivity index (χ1n) is 9.86. The molecule has 1 aromatic rings. The SMILES string of the molecule is CCNC(=NCc1ccc(OCC)c(C)c1)NC1C2CCOC2C1(C)C.I. The van der Waals surface area contributed by atoms with Gasteiger partial charge in [-0.25, -0.2) is 4.99 Å². The summed E-state index contributed by atoms with van der Waals surface area (Å²) in [4.78, 5) is 4.81. The molecule has 0 aromatic heterocycles. The second kappa shape index (κ2) is 9.45. The second-order valence-corrected chi connectivity index (χ2v) is 7.92. The van der Waals surface area contributed by atoms with Crippen LogP contribution in [0.1, 0.15) is 45.2 Å². The van der Waals surface area contributed by atoms with Crippen molar-refractivity contribution in [3.8, 4) is 5.75 Å². The molecular weight excluding hydrogens is 453 g/mol. The molecule has 1 saturated heterocycles. The molecule has 1 heterocycles. The van der Waals surface area contributed by atoms with Gasteiger partial charge in [-0.15, -0.1) is 24.0 Å². The largest absolute Gasteiger partial charge is 0.494 e. The molecule has 2 fully saturated rings. The Morgan fingerprint density at radius 2 is 2.11 bits per heavy atom. The van der Waals surface area contributed by atoms with E-state index in [4.69, 9.17) is 14.5 Å². The topological polar surface area (TPSA) is 54.9 Å². The van der Waals surface area contributed by atoms with Gasteiger partial charge in [0, 0.05) is 30.5 Å². The molecular formula is C21H34IN3O2. The molecule has 3 rings (SSSR count). The third-order valence-corrected chi connectivity index (χ3v) is 5.70. The molecule has 0 spiro atoms. The molecule has 0 amide bonds. The number of nitrogens with zero attached hydrogens (tertiary/aromatic N) is 1. The minimum Gasteiger partial charge on any atom is -0.494 e. The number of hydrogen-bond acceptors (Lipinski definition) is 3. The smallest absolute Gasteiger partial charge is 0.191 e. The number of aliphatic imine (C=N–C) groups is 1. The van der Waals surface area contributed by atoms with Gasteiger partial charge in [0.1, 0.15) is 5.75 Å².